The van der Waals surface area contributed by atoms with Crippen molar-refractivity contribution in [2.75, 3.05) is 39.3 Å². The number of hydrogen-bond acceptors (Lipinski definition) is 3. The Bertz CT molecular complexity index is 256. The summed E-state index contributed by atoms with van der Waals surface area (Å²) in [5.41, 5.74) is 5.23. The van der Waals surface area contributed by atoms with Crippen LogP contribution in [0.3, 0.4) is 0 Å². The van der Waals surface area contributed by atoms with Crippen LogP contribution in [0.2, 0.25) is 0 Å². The summed E-state index contributed by atoms with van der Waals surface area (Å²) in [6.07, 6.45) is 8.00. The molecule has 18 heavy (non-hydrogen) atoms. The molecule has 0 aromatic carbocycles. The third-order valence-corrected chi connectivity index (χ3v) is 4.39. The van der Waals surface area contributed by atoms with Gasteiger partial charge in [0.15, 0.2) is 0 Å². The molecule has 0 aromatic rings. The molecular formula is C14H27N3O. The second-order valence-electron chi connectivity index (χ2n) is 5.88. The molecule has 4 heteroatoms. The van der Waals surface area contributed by atoms with Gasteiger partial charge in [-0.15, -0.1) is 0 Å². The Morgan fingerprint density at radius 2 is 1.67 bits per heavy atom. The highest BCUT2D eigenvalue weighted by Crippen LogP contribution is 2.21. The number of carbonyl (C=O) groups excluding carboxylic acids is 1. The van der Waals surface area contributed by atoms with Crippen molar-refractivity contribution in [3.8, 4) is 0 Å². The Morgan fingerprint density at radius 3 is 2.28 bits per heavy atom. The fourth-order valence-electron chi connectivity index (χ4n) is 3.20. The molecule has 2 fully saturated rings. The van der Waals surface area contributed by atoms with E-state index in [9.17, 15) is 4.79 Å². The minimum Gasteiger partial charge on any atom is -0.369 e. The first-order chi connectivity index (χ1) is 8.74. The molecule has 2 rings (SSSR count). The average molecular weight is 253 g/mol. The van der Waals surface area contributed by atoms with E-state index in [4.69, 9.17) is 5.73 Å². The van der Waals surface area contributed by atoms with Crippen LogP contribution in [0.5, 0.6) is 0 Å². The van der Waals surface area contributed by atoms with Crippen LogP contribution in [-0.4, -0.2) is 55.0 Å². The Kier molecular flexibility index (Phi) is 5.45. The maximum atomic E-state index is 10.9. The summed E-state index contributed by atoms with van der Waals surface area (Å²) in [6.45, 7) is 6.43. The lowest BCUT2D eigenvalue weighted by Gasteiger charge is -2.33. The van der Waals surface area contributed by atoms with Crippen LogP contribution >= 0.6 is 0 Å². The van der Waals surface area contributed by atoms with E-state index in [1.807, 2.05) is 0 Å². The third-order valence-electron chi connectivity index (χ3n) is 4.39. The van der Waals surface area contributed by atoms with Gasteiger partial charge >= 0.3 is 0 Å². The first-order valence-electron chi connectivity index (χ1n) is 7.47. The molecule has 1 amide bonds. The minimum absolute atomic E-state index is 0.193. The summed E-state index contributed by atoms with van der Waals surface area (Å²) in [6, 6.07) is 0. The second kappa shape index (κ2) is 7.10. The van der Waals surface area contributed by atoms with Gasteiger partial charge in [0.05, 0.1) is 6.54 Å². The van der Waals surface area contributed by atoms with Gasteiger partial charge in [-0.1, -0.05) is 6.42 Å². The highest BCUT2D eigenvalue weighted by molar-refractivity contribution is 5.75. The van der Waals surface area contributed by atoms with Gasteiger partial charge in [0, 0.05) is 0 Å². The van der Waals surface area contributed by atoms with Crippen LogP contribution in [0.25, 0.3) is 0 Å². The van der Waals surface area contributed by atoms with Crippen LogP contribution in [0.1, 0.15) is 38.5 Å². The van der Waals surface area contributed by atoms with E-state index in [2.05, 4.69) is 9.80 Å². The molecule has 2 heterocycles. The maximum absolute atomic E-state index is 10.9. The van der Waals surface area contributed by atoms with Crippen molar-refractivity contribution in [3.63, 3.8) is 0 Å². The summed E-state index contributed by atoms with van der Waals surface area (Å²) in [4.78, 5) is 15.7. The Morgan fingerprint density at radius 1 is 1.00 bits per heavy atom. The molecule has 0 bridgehead atoms. The second-order valence-corrected chi connectivity index (χ2v) is 5.88. The maximum Gasteiger partial charge on any atom is 0.231 e. The van der Waals surface area contributed by atoms with Crippen LogP contribution in [0, 0.1) is 5.92 Å². The van der Waals surface area contributed by atoms with Crippen molar-refractivity contribution in [1.82, 2.24) is 9.80 Å². The normalized spacial score (nSPS) is 24.2. The molecular weight excluding hydrogens is 226 g/mol. The van der Waals surface area contributed by atoms with Crippen LogP contribution < -0.4 is 5.73 Å². The van der Waals surface area contributed by atoms with Gasteiger partial charge in [-0.25, -0.2) is 0 Å². The monoisotopic (exact) mass is 253 g/mol. The molecule has 2 aliphatic rings. The lowest BCUT2D eigenvalue weighted by atomic mass is 9.93. The fourth-order valence-corrected chi connectivity index (χ4v) is 3.20. The Labute approximate surface area is 110 Å². The lowest BCUT2D eigenvalue weighted by molar-refractivity contribution is -0.119. The topological polar surface area (TPSA) is 49.6 Å². The van der Waals surface area contributed by atoms with Crippen molar-refractivity contribution in [1.29, 1.82) is 0 Å². The van der Waals surface area contributed by atoms with Gasteiger partial charge in [0.25, 0.3) is 0 Å². The molecule has 0 radical (unpaired) electrons. The number of amides is 1. The number of nitrogens with zero attached hydrogens (tertiary/aromatic N) is 2. The highest BCUT2D eigenvalue weighted by Gasteiger charge is 2.21. The summed E-state index contributed by atoms with van der Waals surface area (Å²) >= 11 is 0. The lowest BCUT2D eigenvalue weighted by Crippen LogP contribution is -2.40. The van der Waals surface area contributed by atoms with Gasteiger partial charge in [0.2, 0.25) is 5.91 Å². The van der Waals surface area contributed by atoms with Crippen molar-refractivity contribution < 1.29 is 4.79 Å². The van der Waals surface area contributed by atoms with E-state index in [-0.39, 0.29) is 5.91 Å². The van der Waals surface area contributed by atoms with Gasteiger partial charge < -0.3 is 10.6 Å². The molecule has 4 nitrogen and oxygen atoms in total. The van der Waals surface area contributed by atoms with Crippen LogP contribution in [0.15, 0.2) is 0 Å². The fraction of sp³-hybridized carbons (Fsp3) is 0.929. The van der Waals surface area contributed by atoms with E-state index < -0.39 is 0 Å². The number of hydrogen-bond donors (Lipinski definition) is 1. The molecule has 0 spiro atoms. The molecule has 2 saturated heterocycles. The first-order valence-corrected chi connectivity index (χ1v) is 7.47. The predicted molar refractivity (Wildman–Crippen MR) is 73.3 cm³/mol. The molecule has 104 valence electrons. The number of carbonyl (C=O) groups is 1. The minimum atomic E-state index is -0.193. The van der Waals surface area contributed by atoms with Crippen LogP contribution in [-0.2, 0) is 4.79 Å². The SMILES string of the molecule is NC(=O)CN1CCC(CCN2CCCCC2)CC1. The number of primary amides is 1. The predicted octanol–water partition coefficient (Wildman–Crippen LogP) is 1.06. The highest BCUT2D eigenvalue weighted by atomic mass is 16.1. The number of piperidine rings is 2. The number of nitrogens with two attached hydrogens (primary N) is 1. The number of likely N-dealkylation sites (tertiary alicyclic amines) is 2. The van der Waals surface area contributed by atoms with Gasteiger partial charge in [0.1, 0.15) is 0 Å². The van der Waals surface area contributed by atoms with E-state index >= 15 is 0 Å². The van der Waals surface area contributed by atoms with Gasteiger partial charge in [-0.3, -0.25) is 9.69 Å². The standard InChI is InChI=1S/C14H27N3O/c15-14(18)12-17-10-5-13(6-11-17)4-9-16-7-2-1-3-8-16/h13H,1-12H2,(H2,15,18). The van der Waals surface area contributed by atoms with Crippen LogP contribution in [0.4, 0.5) is 0 Å². The average Bonchev–Trinajstić information content (AvgIpc) is 2.38. The molecule has 2 aliphatic heterocycles. The number of rotatable bonds is 5. The molecule has 0 aliphatic carbocycles. The van der Waals surface area contributed by atoms with Crippen molar-refractivity contribution >= 4 is 5.91 Å². The molecule has 0 unspecified atom stereocenters. The van der Waals surface area contributed by atoms with E-state index in [0.717, 1.165) is 19.0 Å². The molecule has 0 saturated carbocycles. The Hall–Kier alpha value is -0.610. The van der Waals surface area contributed by atoms with Gasteiger partial charge in [-0.05, 0) is 70.7 Å². The van der Waals surface area contributed by atoms with Crippen molar-refractivity contribution in [2.24, 2.45) is 11.7 Å². The first kappa shape index (κ1) is 13.8. The largest absolute Gasteiger partial charge is 0.369 e. The van der Waals surface area contributed by atoms with E-state index in [1.54, 1.807) is 0 Å². The summed E-state index contributed by atoms with van der Waals surface area (Å²) in [5.74, 6) is 0.665. The summed E-state index contributed by atoms with van der Waals surface area (Å²) in [7, 11) is 0. The zero-order valence-electron chi connectivity index (χ0n) is 11.4. The van der Waals surface area contributed by atoms with Crippen molar-refractivity contribution in [3.05, 3.63) is 0 Å². The molecule has 0 atom stereocenters. The molecule has 2 N–H and O–H groups in total. The molecule has 0 aromatic heterocycles. The van der Waals surface area contributed by atoms with Gasteiger partial charge in [-0.2, -0.15) is 0 Å². The zero-order chi connectivity index (χ0) is 12.8. The third kappa shape index (κ3) is 4.58. The van der Waals surface area contributed by atoms with Crippen molar-refractivity contribution in [2.45, 2.75) is 38.5 Å². The summed E-state index contributed by atoms with van der Waals surface area (Å²) < 4.78 is 0. The quantitative estimate of drug-likeness (QED) is 0.797. The van der Waals surface area contributed by atoms with E-state index in [1.165, 1.54) is 58.2 Å². The summed E-state index contributed by atoms with van der Waals surface area (Å²) in [5, 5.41) is 0. The Balaban J connectivity index is 1.59. The van der Waals surface area contributed by atoms with E-state index in [0.29, 0.717) is 6.54 Å². The zero-order valence-corrected chi connectivity index (χ0v) is 11.4. The smallest absolute Gasteiger partial charge is 0.231 e.